The Balaban J connectivity index is 1.34. The number of hydrogen-bond donors (Lipinski definition) is 2. The molecular weight excluding hydrogens is 434 g/mol. The largest absolute Gasteiger partial charge is 0.350 e. The maximum absolute atomic E-state index is 12.8. The topological polar surface area (TPSA) is 116 Å². The number of nitrogens with one attached hydrogen (secondary N) is 2. The van der Waals surface area contributed by atoms with Gasteiger partial charge in [-0.3, -0.25) is 19.3 Å². The van der Waals surface area contributed by atoms with Gasteiger partial charge in [-0.2, -0.15) is 5.10 Å². The summed E-state index contributed by atoms with van der Waals surface area (Å²) >= 11 is 0. The maximum atomic E-state index is 12.8. The molecule has 0 saturated carbocycles. The van der Waals surface area contributed by atoms with Crippen molar-refractivity contribution < 1.29 is 9.59 Å². The van der Waals surface area contributed by atoms with E-state index in [4.69, 9.17) is 0 Å². The predicted molar refractivity (Wildman–Crippen MR) is 129 cm³/mol. The van der Waals surface area contributed by atoms with Crippen molar-refractivity contribution in [2.45, 2.75) is 39.2 Å². The predicted octanol–water partition coefficient (Wildman–Crippen LogP) is 1.10. The van der Waals surface area contributed by atoms with E-state index in [-0.39, 0.29) is 29.3 Å². The van der Waals surface area contributed by atoms with Crippen LogP contribution in [0.5, 0.6) is 0 Å². The molecule has 1 saturated heterocycles. The third kappa shape index (κ3) is 5.69. The number of aryl methyl sites for hydroxylation is 1. The number of para-hydroxylation sites is 1. The summed E-state index contributed by atoms with van der Waals surface area (Å²) < 4.78 is 1.63. The van der Waals surface area contributed by atoms with E-state index >= 15 is 0 Å². The molecule has 1 aromatic carbocycles. The molecule has 10 nitrogen and oxygen atoms in total. The first-order chi connectivity index (χ1) is 16.2. The molecule has 0 spiro atoms. The second-order valence-corrected chi connectivity index (χ2v) is 9.60. The number of aromatic amines is 1. The summed E-state index contributed by atoms with van der Waals surface area (Å²) in [6.07, 6.45) is 2.08. The summed E-state index contributed by atoms with van der Waals surface area (Å²) in [7, 11) is 0. The SMILES string of the molecule is CC(C)(C)NC(=O)CN1CCN(C(=O)CCc2nc3c(cnn3-c3ccccc3)c(=O)[nH]2)CC1. The molecule has 0 aliphatic carbocycles. The first-order valence-corrected chi connectivity index (χ1v) is 11.5. The summed E-state index contributed by atoms with van der Waals surface area (Å²) in [6.45, 7) is 8.65. The number of rotatable bonds is 6. The smallest absolute Gasteiger partial charge is 0.262 e. The Bertz CT molecular complexity index is 1220. The summed E-state index contributed by atoms with van der Waals surface area (Å²) in [5.74, 6) is 0.464. The van der Waals surface area contributed by atoms with Gasteiger partial charge in [0, 0.05) is 44.6 Å². The van der Waals surface area contributed by atoms with E-state index in [2.05, 4.69) is 25.3 Å². The fraction of sp³-hybridized carbons (Fsp3) is 0.458. The zero-order chi connectivity index (χ0) is 24.3. The lowest BCUT2D eigenvalue weighted by atomic mass is 10.1. The zero-order valence-corrected chi connectivity index (χ0v) is 19.9. The standard InChI is InChI=1S/C24H31N7O3/c1-24(2,3)28-20(32)16-29-11-13-30(14-12-29)21(33)10-9-19-26-22-18(23(34)27-19)15-25-31(22)17-7-5-4-6-8-17/h4-8,15H,9-14,16H2,1-3H3,(H,28,32)(H,26,27,34). The van der Waals surface area contributed by atoms with Crippen LogP contribution in [0.25, 0.3) is 16.7 Å². The minimum atomic E-state index is -0.267. The van der Waals surface area contributed by atoms with Crippen molar-refractivity contribution in [1.82, 2.24) is 34.9 Å². The minimum absolute atomic E-state index is 0.00700. The third-order valence-corrected chi connectivity index (χ3v) is 5.67. The number of aromatic nitrogens is 4. The van der Waals surface area contributed by atoms with Crippen LogP contribution in [0, 0.1) is 0 Å². The fourth-order valence-corrected chi connectivity index (χ4v) is 4.04. The van der Waals surface area contributed by atoms with Crippen molar-refractivity contribution in [3.63, 3.8) is 0 Å². The molecule has 10 heteroatoms. The van der Waals surface area contributed by atoms with Crippen molar-refractivity contribution in [2.75, 3.05) is 32.7 Å². The van der Waals surface area contributed by atoms with E-state index in [0.717, 1.165) is 5.69 Å². The van der Waals surface area contributed by atoms with Crippen molar-refractivity contribution in [1.29, 1.82) is 0 Å². The van der Waals surface area contributed by atoms with E-state index in [9.17, 15) is 14.4 Å². The number of hydrogen-bond acceptors (Lipinski definition) is 6. The van der Waals surface area contributed by atoms with Crippen LogP contribution in [-0.2, 0) is 16.0 Å². The number of amides is 2. The average Bonchev–Trinajstić information content (AvgIpc) is 3.22. The molecule has 1 aliphatic heterocycles. The van der Waals surface area contributed by atoms with Gasteiger partial charge in [0.1, 0.15) is 11.2 Å². The van der Waals surface area contributed by atoms with Crippen LogP contribution < -0.4 is 10.9 Å². The van der Waals surface area contributed by atoms with Gasteiger partial charge in [-0.05, 0) is 32.9 Å². The normalized spacial score (nSPS) is 15.0. The molecular formula is C24H31N7O3. The number of benzene rings is 1. The van der Waals surface area contributed by atoms with E-state index in [1.54, 1.807) is 4.68 Å². The highest BCUT2D eigenvalue weighted by molar-refractivity contribution is 5.79. The highest BCUT2D eigenvalue weighted by Gasteiger charge is 2.24. The lowest BCUT2D eigenvalue weighted by Crippen LogP contribution is -2.52. The molecule has 1 fully saturated rings. The van der Waals surface area contributed by atoms with Gasteiger partial charge < -0.3 is 15.2 Å². The van der Waals surface area contributed by atoms with Crippen LogP contribution in [0.2, 0.25) is 0 Å². The van der Waals surface area contributed by atoms with Crippen molar-refractivity contribution >= 4 is 22.8 Å². The van der Waals surface area contributed by atoms with Crippen molar-refractivity contribution in [3.05, 3.63) is 52.7 Å². The van der Waals surface area contributed by atoms with Gasteiger partial charge in [-0.25, -0.2) is 9.67 Å². The fourth-order valence-electron chi connectivity index (χ4n) is 4.04. The Morgan fingerprint density at radius 3 is 2.47 bits per heavy atom. The molecule has 180 valence electrons. The van der Waals surface area contributed by atoms with E-state index < -0.39 is 0 Å². The van der Waals surface area contributed by atoms with Crippen LogP contribution in [0.3, 0.4) is 0 Å². The Labute approximate surface area is 198 Å². The van der Waals surface area contributed by atoms with Crippen LogP contribution in [-0.4, -0.2) is 79.6 Å². The van der Waals surface area contributed by atoms with E-state index in [1.807, 2.05) is 56.0 Å². The summed E-state index contributed by atoms with van der Waals surface area (Å²) in [5, 5.41) is 7.68. The molecule has 2 aromatic heterocycles. The number of piperazine rings is 1. The molecule has 34 heavy (non-hydrogen) atoms. The van der Waals surface area contributed by atoms with Gasteiger partial charge in [-0.1, -0.05) is 18.2 Å². The molecule has 0 unspecified atom stereocenters. The summed E-state index contributed by atoms with van der Waals surface area (Å²) in [6, 6.07) is 9.49. The lowest BCUT2D eigenvalue weighted by molar-refractivity contribution is -0.133. The number of carbonyl (C=O) groups is 2. The van der Waals surface area contributed by atoms with Crippen LogP contribution >= 0.6 is 0 Å². The third-order valence-electron chi connectivity index (χ3n) is 5.67. The Morgan fingerprint density at radius 1 is 1.09 bits per heavy atom. The first-order valence-electron chi connectivity index (χ1n) is 11.5. The van der Waals surface area contributed by atoms with E-state index in [1.165, 1.54) is 6.20 Å². The Kier molecular flexibility index (Phi) is 6.78. The molecule has 3 heterocycles. The van der Waals surface area contributed by atoms with Crippen LogP contribution in [0.15, 0.2) is 41.3 Å². The van der Waals surface area contributed by atoms with Gasteiger partial charge in [0.25, 0.3) is 5.56 Å². The molecule has 0 radical (unpaired) electrons. The monoisotopic (exact) mass is 465 g/mol. The summed E-state index contributed by atoms with van der Waals surface area (Å²) in [5.41, 5.74) is 0.758. The van der Waals surface area contributed by atoms with Gasteiger partial charge in [-0.15, -0.1) is 0 Å². The molecule has 1 aliphatic rings. The Morgan fingerprint density at radius 2 is 1.79 bits per heavy atom. The number of carbonyl (C=O) groups excluding carboxylic acids is 2. The highest BCUT2D eigenvalue weighted by atomic mass is 16.2. The maximum Gasteiger partial charge on any atom is 0.262 e. The molecule has 2 N–H and O–H groups in total. The van der Waals surface area contributed by atoms with Crippen molar-refractivity contribution in [3.8, 4) is 5.69 Å². The number of nitrogens with zero attached hydrogens (tertiary/aromatic N) is 5. The second kappa shape index (κ2) is 9.76. The summed E-state index contributed by atoms with van der Waals surface area (Å²) in [4.78, 5) is 48.7. The van der Waals surface area contributed by atoms with Crippen LogP contribution in [0.4, 0.5) is 0 Å². The number of fused-ring (bicyclic) bond motifs is 1. The minimum Gasteiger partial charge on any atom is -0.350 e. The van der Waals surface area contributed by atoms with Crippen molar-refractivity contribution in [2.24, 2.45) is 0 Å². The van der Waals surface area contributed by atoms with Gasteiger partial charge >= 0.3 is 0 Å². The molecule has 4 rings (SSSR count). The van der Waals surface area contributed by atoms with Gasteiger partial charge in [0.15, 0.2) is 5.65 Å². The average molecular weight is 466 g/mol. The zero-order valence-electron chi connectivity index (χ0n) is 19.9. The quantitative estimate of drug-likeness (QED) is 0.563. The lowest BCUT2D eigenvalue weighted by Gasteiger charge is -2.35. The Hall–Kier alpha value is -3.53. The molecule has 0 bridgehead atoms. The van der Waals surface area contributed by atoms with Crippen LogP contribution in [0.1, 0.15) is 33.0 Å². The second-order valence-electron chi connectivity index (χ2n) is 9.60. The number of H-pyrrole nitrogens is 1. The molecule has 3 aromatic rings. The van der Waals surface area contributed by atoms with E-state index in [0.29, 0.717) is 56.0 Å². The molecule has 2 amide bonds. The van der Waals surface area contributed by atoms with Gasteiger partial charge in [0.05, 0.1) is 18.4 Å². The molecule has 0 atom stereocenters. The highest BCUT2D eigenvalue weighted by Crippen LogP contribution is 2.14. The first kappa shape index (κ1) is 23.6. The van der Waals surface area contributed by atoms with Gasteiger partial charge in [0.2, 0.25) is 11.8 Å².